The number of amides is 1. The monoisotopic (exact) mass is 417 g/mol. The van der Waals surface area contributed by atoms with Crippen LogP contribution in [0.5, 0.6) is 0 Å². The van der Waals surface area contributed by atoms with Gasteiger partial charge in [-0.2, -0.15) is 0 Å². The molecule has 0 fully saturated rings. The number of sulfone groups is 1. The van der Waals surface area contributed by atoms with Crippen LogP contribution in [0.1, 0.15) is 5.56 Å². The molecule has 1 heterocycles. The van der Waals surface area contributed by atoms with Gasteiger partial charge in [0.25, 0.3) is 5.91 Å². The molecule has 0 saturated carbocycles. The minimum Gasteiger partial charge on any atom is -0.326 e. The number of carbonyl (C=O) groups is 1. The predicted octanol–water partition coefficient (Wildman–Crippen LogP) is 1.77. The molecule has 7 heteroatoms. The van der Waals surface area contributed by atoms with Crippen LogP contribution in [0.2, 0.25) is 0 Å². The van der Waals surface area contributed by atoms with E-state index < -0.39 is 15.9 Å². The summed E-state index contributed by atoms with van der Waals surface area (Å²) in [5.74, 6) is -0.154. The first-order valence-corrected chi connectivity index (χ1v) is 12.0. The number of nitrogens with zero attached hydrogens (tertiary/aromatic N) is 1. The molecule has 3 rings (SSSR count). The van der Waals surface area contributed by atoms with Gasteiger partial charge in [0.05, 0.1) is 18.8 Å². The van der Waals surface area contributed by atoms with Crippen LogP contribution in [-0.2, 0) is 21.2 Å². The van der Waals surface area contributed by atoms with Crippen LogP contribution in [0, 0.1) is 0 Å². The van der Waals surface area contributed by atoms with Crippen molar-refractivity contribution >= 4 is 33.2 Å². The Balaban J connectivity index is 1.73. The standard InChI is InChI=1S/C21H24N2O3S2/c1-22(14-17-8-10-20(27-2)11-9-17)15-21(24)23(18-6-4-3-5-7-18)19-12-13-28(25,26)16-19/h3-13,19H,14-16H2,1-2H3/p+1/t19-/m0/s1. The lowest BCUT2D eigenvalue weighted by atomic mass is 10.2. The smallest absolute Gasteiger partial charge is 0.282 e. The Kier molecular flexibility index (Phi) is 6.59. The maximum absolute atomic E-state index is 13.1. The number of nitrogens with one attached hydrogen (secondary N) is 1. The van der Waals surface area contributed by atoms with Crippen molar-refractivity contribution in [1.82, 2.24) is 0 Å². The zero-order chi connectivity index (χ0) is 20.1. The van der Waals surface area contributed by atoms with Crippen molar-refractivity contribution in [2.45, 2.75) is 17.5 Å². The van der Waals surface area contributed by atoms with Gasteiger partial charge < -0.3 is 4.90 Å². The van der Waals surface area contributed by atoms with Crippen molar-refractivity contribution in [3.63, 3.8) is 0 Å². The van der Waals surface area contributed by atoms with E-state index in [2.05, 4.69) is 24.3 Å². The number of para-hydroxylation sites is 1. The van der Waals surface area contributed by atoms with E-state index in [0.29, 0.717) is 0 Å². The van der Waals surface area contributed by atoms with Gasteiger partial charge in [-0.15, -0.1) is 11.8 Å². The number of anilines is 1. The minimum absolute atomic E-state index is 0.0666. The number of rotatable bonds is 7. The van der Waals surface area contributed by atoms with Crippen molar-refractivity contribution in [2.24, 2.45) is 0 Å². The molecule has 1 amide bonds. The van der Waals surface area contributed by atoms with Crippen LogP contribution >= 0.6 is 11.8 Å². The molecule has 2 atom stereocenters. The Labute approximate surface area is 171 Å². The van der Waals surface area contributed by atoms with Crippen LogP contribution in [-0.4, -0.2) is 46.0 Å². The summed E-state index contributed by atoms with van der Waals surface area (Å²) in [7, 11) is -1.27. The minimum atomic E-state index is -3.25. The Hall–Kier alpha value is -2.09. The molecule has 0 saturated heterocycles. The lowest BCUT2D eigenvalue weighted by Crippen LogP contribution is -3.09. The molecule has 1 N–H and O–H groups in total. The second-order valence-electron chi connectivity index (χ2n) is 6.98. The molecule has 2 aromatic rings. The van der Waals surface area contributed by atoms with Crippen molar-refractivity contribution in [3.05, 3.63) is 71.6 Å². The van der Waals surface area contributed by atoms with E-state index >= 15 is 0 Å². The van der Waals surface area contributed by atoms with Gasteiger partial charge in [0.15, 0.2) is 16.4 Å². The highest BCUT2D eigenvalue weighted by molar-refractivity contribution is 7.98. The zero-order valence-corrected chi connectivity index (χ0v) is 17.7. The summed E-state index contributed by atoms with van der Waals surface area (Å²) in [6, 6.07) is 17.1. The topological polar surface area (TPSA) is 58.9 Å². The van der Waals surface area contributed by atoms with Gasteiger partial charge >= 0.3 is 0 Å². The predicted molar refractivity (Wildman–Crippen MR) is 114 cm³/mol. The summed E-state index contributed by atoms with van der Waals surface area (Å²) < 4.78 is 23.8. The van der Waals surface area contributed by atoms with Crippen molar-refractivity contribution in [3.8, 4) is 0 Å². The van der Waals surface area contributed by atoms with E-state index in [9.17, 15) is 13.2 Å². The number of quaternary nitrogens is 1. The quantitative estimate of drug-likeness (QED) is 0.698. The van der Waals surface area contributed by atoms with Crippen molar-refractivity contribution in [2.75, 3.05) is 30.5 Å². The Morgan fingerprint density at radius 1 is 1.14 bits per heavy atom. The molecule has 0 bridgehead atoms. The summed E-state index contributed by atoms with van der Waals surface area (Å²) >= 11 is 1.70. The Bertz CT molecular complexity index is 941. The summed E-state index contributed by atoms with van der Waals surface area (Å²) in [5.41, 5.74) is 1.88. The molecule has 148 valence electrons. The number of thioether (sulfide) groups is 1. The highest BCUT2D eigenvalue weighted by Gasteiger charge is 2.32. The fourth-order valence-corrected chi connectivity index (χ4v) is 5.00. The highest BCUT2D eigenvalue weighted by Crippen LogP contribution is 2.22. The van der Waals surface area contributed by atoms with Gasteiger partial charge in [-0.1, -0.05) is 30.3 Å². The average Bonchev–Trinajstić information content (AvgIpc) is 3.02. The average molecular weight is 418 g/mol. The van der Waals surface area contributed by atoms with E-state index in [4.69, 9.17) is 0 Å². The van der Waals surface area contributed by atoms with Crippen LogP contribution in [0.15, 0.2) is 71.0 Å². The van der Waals surface area contributed by atoms with Crippen LogP contribution in [0.4, 0.5) is 5.69 Å². The van der Waals surface area contributed by atoms with Crippen LogP contribution < -0.4 is 9.80 Å². The second kappa shape index (κ2) is 8.94. The normalized spacial score (nSPS) is 18.7. The number of likely N-dealkylation sites (N-methyl/N-ethyl adjacent to an activating group) is 1. The summed E-state index contributed by atoms with van der Waals surface area (Å²) in [5, 5.41) is 1.21. The number of hydrogen-bond acceptors (Lipinski definition) is 4. The molecular weight excluding hydrogens is 392 g/mol. The maximum atomic E-state index is 13.1. The van der Waals surface area contributed by atoms with E-state index in [1.54, 1.807) is 22.7 Å². The Morgan fingerprint density at radius 3 is 2.39 bits per heavy atom. The SMILES string of the molecule is CSc1ccc(C[NH+](C)CC(=O)N(c2ccccc2)[C@H]2C=CS(=O)(=O)C2)cc1. The summed E-state index contributed by atoms with van der Waals surface area (Å²) in [6.45, 7) is 1.01. The molecular formula is C21H25N2O3S2+. The van der Waals surface area contributed by atoms with Gasteiger partial charge in [0.2, 0.25) is 0 Å². The Morgan fingerprint density at radius 2 is 1.82 bits per heavy atom. The van der Waals surface area contributed by atoms with E-state index in [-0.39, 0.29) is 18.2 Å². The molecule has 0 spiro atoms. The van der Waals surface area contributed by atoms with Gasteiger partial charge in [0, 0.05) is 21.6 Å². The second-order valence-corrected chi connectivity index (χ2v) is 9.79. The molecule has 1 unspecified atom stereocenters. The lowest BCUT2D eigenvalue weighted by Gasteiger charge is -2.28. The number of carbonyl (C=O) groups excluding carboxylic acids is 1. The largest absolute Gasteiger partial charge is 0.326 e. The van der Waals surface area contributed by atoms with Gasteiger partial charge in [-0.25, -0.2) is 8.42 Å². The first kappa shape index (κ1) is 20.6. The third-order valence-electron chi connectivity index (χ3n) is 4.66. The number of hydrogen-bond donors (Lipinski definition) is 1. The van der Waals surface area contributed by atoms with Crippen molar-refractivity contribution < 1.29 is 18.1 Å². The van der Waals surface area contributed by atoms with Gasteiger partial charge in [-0.3, -0.25) is 9.69 Å². The molecule has 1 aliphatic heterocycles. The van der Waals surface area contributed by atoms with Crippen LogP contribution in [0.25, 0.3) is 0 Å². The van der Waals surface area contributed by atoms with Gasteiger partial charge in [-0.05, 0) is 36.6 Å². The molecule has 5 nitrogen and oxygen atoms in total. The van der Waals surface area contributed by atoms with Crippen molar-refractivity contribution in [1.29, 1.82) is 0 Å². The first-order valence-electron chi connectivity index (χ1n) is 9.10. The third-order valence-corrected chi connectivity index (χ3v) is 6.79. The molecule has 0 radical (unpaired) electrons. The first-order chi connectivity index (χ1) is 13.4. The third kappa shape index (κ3) is 5.25. The summed E-state index contributed by atoms with van der Waals surface area (Å²) in [4.78, 5) is 17.0. The molecule has 0 aromatic heterocycles. The maximum Gasteiger partial charge on any atom is 0.282 e. The molecule has 1 aliphatic rings. The zero-order valence-electron chi connectivity index (χ0n) is 16.0. The molecule has 2 aromatic carbocycles. The van der Waals surface area contributed by atoms with Crippen LogP contribution in [0.3, 0.4) is 0 Å². The fourth-order valence-electron chi connectivity index (χ4n) is 3.33. The number of benzene rings is 2. The molecule has 28 heavy (non-hydrogen) atoms. The lowest BCUT2D eigenvalue weighted by molar-refractivity contribution is -0.885. The van der Waals surface area contributed by atoms with E-state index in [1.807, 2.05) is 43.6 Å². The van der Waals surface area contributed by atoms with Gasteiger partial charge in [0.1, 0.15) is 6.54 Å². The van der Waals surface area contributed by atoms with E-state index in [1.165, 1.54) is 10.3 Å². The molecule has 0 aliphatic carbocycles. The highest BCUT2D eigenvalue weighted by atomic mass is 32.2. The fraction of sp³-hybridized carbons (Fsp3) is 0.286. The summed E-state index contributed by atoms with van der Waals surface area (Å²) in [6.07, 6.45) is 3.65. The van der Waals surface area contributed by atoms with E-state index in [0.717, 1.165) is 22.7 Å².